The fraction of sp³-hybridized carbons (Fsp3) is 0.562. The van der Waals surface area contributed by atoms with E-state index in [-0.39, 0.29) is 18.0 Å². The maximum Gasteiger partial charge on any atom is 0.416 e. The lowest BCUT2D eigenvalue weighted by Gasteiger charge is -2.21. The van der Waals surface area contributed by atoms with Crippen LogP contribution in [0.25, 0.3) is 0 Å². The van der Waals surface area contributed by atoms with E-state index in [1.54, 1.807) is 0 Å². The van der Waals surface area contributed by atoms with Crippen LogP contribution < -0.4 is 5.32 Å². The Morgan fingerprint density at radius 1 is 1.19 bits per heavy atom. The third kappa shape index (κ3) is 4.09. The van der Waals surface area contributed by atoms with Crippen LogP contribution in [0.3, 0.4) is 0 Å². The molecular formula is C16H19ClF3N3O3. The molecule has 2 atom stereocenters. The van der Waals surface area contributed by atoms with Crippen LogP contribution in [-0.2, 0) is 6.18 Å². The number of fused-ring (bicyclic) bond motifs is 1. The average molecular weight is 394 g/mol. The van der Waals surface area contributed by atoms with Crippen molar-refractivity contribution in [1.29, 1.82) is 0 Å². The number of rotatable bonds is 2. The minimum Gasteiger partial charge on any atom is -0.338 e. The summed E-state index contributed by atoms with van der Waals surface area (Å²) < 4.78 is 38.3. The molecule has 2 aliphatic heterocycles. The predicted molar refractivity (Wildman–Crippen MR) is 90.3 cm³/mol. The number of nitro benzene ring substituents is 1. The molecule has 3 rings (SSSR count). The standard InChI is InChI=1S/C16H18F3N3O3.ClH/c17-16(18,19)12-1-2-13(14(7-12)22(24)25)15(23)21-5-3-10-8-20-9-11(10)4-6-21;/h1-2,7,10-11,20H,3-6,8-9H2;1H/t10-,11+;. The number of benzene rings is 1. The Morgan fingerprint density at radius 3 is 2.27 bits per heavy atom. The topological polar surface area (TPSA) is 75.5 Å². The quantitative estimate of drug-likeness (QED) is 0.618. The first-order chi connectivity index (χ1) is 11.8. The molecule has 0 bridgehead atoms. The fourth-order valence-corrected chi connectivity index (χ4v) is 3.63. The molecule has 6 nitrogen and oxygen atoms in total. The van der Waals surface area contributed by atoms with Gasteiger partial charge in [-0.25, -0.2) is 0 Å². The zero-order chi connectivity index (χ0) is 18.2. The lowest BCUT2D eigenvalue weighted by Crippen LogP contribution is -2.33. The molecule has 2 fully saturated rings. The molecule has 1 N–H and O–H groups in total. The van der Waals surface area contributed by atoms with E-state index >= 15 is 0 Å². The number of likely N-dealkylation sites (tertiary alicyclic amines) is 1. The second kappa shape index (κ2) is 7.79. The summed E-state index contributed by atoms with van der Waals surface area (Å²) in [6, 6.07) is 2.07. The Hall–Kier alpha value is -1.87. The van der Waals surface area contributed by atoms with Crippen LogP contribution in [0.4, 0.5) is 18.9 Å². The average Bonchev–Trinajstić information content (AvgIpc) is 2.91. The van der Waals surface area contributed by atoms with Crippen molar-refractivity contribution in [3.05, 3.63) is 39.4 Å². The van der Waals surface area contributed by atoms with Crippen molar-refractivity contribution in [1.82, 2.24) is 10.2 Å². The van der Waals surface area contributed by atoms with Gasteiger partial charge in [0.2, 0.25) is 0 Å². The molecule has 0 radical (unpaired) electrons. The molecule has 1 amide bonds. The van der Waals surface area contributed by atoms with E-state index in [2.05, 4.69) is 5.32 Å². The van der Waals surface area contributed by atoms with Gasteiger partial charge in [-0.05, 0) is 49.9 Å². The summed E-state index contributed by atoms with van der Waals surface area (Å²) in [5.74, 6) is 0.370. The van der Waals surface area contributed by atoms with Crippen molar-refractivity contribution >= 4 is 24.0 Å². The molecule has 0 aliphatic carbocycles. The molecule has 2 heterocycles. The highest BCUT2D eigenvalue weighted by Gasteiger charge is 2.36. The van der Waals surface area contributed by atoms with Crippen LogP contribution in [-0.4, -0.2) is 41.9 Å². The number of nitro groups is 1. The maximum absolute atomic E-state index is 12.8. The van der Waals surface area contributed by atoms with E-state index in [9.17, 15) is 28.1 Å². The SMILES string of the molecule is Cl.O=C(c1ccc(C(F)(F)F)cc1[N+](=O)[O-])N1CC[C@@H]2CNC[C@@H]2CC1. The molecule has 1 aromatic carbocycles. The lowest BCUT2D eigenvalue weighted by molar-refractivity contribution is -0.385. The summed E-state index contributed by atoms with van der Waals surface area (Å²) in [5.41, 5.74) is -2.22. The van der Waals surface area contributed by atoms with Crippen LogP contribution in [0.1, 0.15) is 28.8 Å². The van der Waals surface area contributed by atoms with Crippen molar-refractivity contribution in [3.8, 4) is 0 Å². The number of nitrogens with zero attached hydrogens (tertiary/aromatic N) is 2. The van der Waals surface area contributed by atoms with Crippen LogP contribution in [0.15, 0.2) is 18.2 Å². The van der Waals surface area contributed by atoms with E-state index in [1.807, 2.05) is 0 Å². The Morgan fingerprint density at radius 2 is 1.77 bits per heavy atom. The zero-order valence-electron chi connectivity index (χ0n) is 13.8. The Bertz CT molecular complexity index is 685. The molecular weight excluding hydrogens is 375 g/mol. The molecule has 0 unspecified atom stereocenters. The van der Waals surface area contributed by atoms with Crippen LogP contribution in [0.5, 0.6) is 0 Å². The Labute approximate surface area is 154 Å². The summed E-state index contributed by atoms with van der Waals surface area (Å²) in [6.07, 6.45) is -3.12. The van der Waals surface area contributed by atoms with Crippen molar-refractivity contribution < 1.29 is 22.9 Å². The van der Waals surface area contributed by atoms with Crippen LogP contribution >= 0.6 is 12.4 Å². The molecule has 10 heteroatoms. The summed E-state index contributed by atoms with van der Waals surface area (Å²) in [5, 5.41) is 14.5. The van der Waals surface area contributed by atoms with Gasteiger partial charge in [0.1, 0.15) is 5.56 Å². The third-order valence-electron chi connectivity index (χ3n) is 5.06. The van der Waals surface area contributed by atoms with Crippen molar-refractivity contribution in [2.75, 3.05) is 26.2 Å². The van der Waals surface area contributed by atoms with Crippen molar-refractivity contribution in [3.63, 3.8) is 0 Å². The number of nitrogens with one attached hydrogen (secondary N) is 1. The molecule has 144 valence electrons. The number of alkyl halides is 3. The fourth-order valence-electron chi connectivity index (χ4n) is 3.63. The summed E-state index contributed by atoms with van der Waals surface area (Å²) in [4.78, 5) is 24.4. The molecule has 26 heavy (non-hydrogen) atoms. The first kappa shape index (κ1) is 20.4. The highest BCUT2D eigenvalue weighted by atomic mass is 35.5. The number of hydrogen-bond donors (Lipinski definition) is 1. The molecule has 2 aliphatic rings. The number of hydrogen-bond acceptors (Lipinski definition) is 4. The summed E-state index contributed by atoms with van der Waals surface area (Å²) in [6.45, 7) is 2.71. The second-order valence-corrected chi connectivity index (χ2v) is 6.53. The molecule has 0 saturated carbocycles. The smallest absolute Gasteiger partial charge is 0.338 e. The largest absolute Gasteiger partial charge is 0.416 e. The van der Waals surface area contributed by atoms with Gasteiger partial charge in [0.15, 0.2) is 0 Å². The summed E-state index contributed by atoms with van der Waals surface area (Å²) >= 11 is 0. The predicted octanol–water partition coefficient (Wildman–Crippen LogP) is 3.11. The second-order valence-electron chi connectivity index (χ2n) is 6.53. The number of amides is 1. The van der Waals surface area contributed by atoms with Crippen LogP contribution in [0, 0.1) is 22.0 Å². The lowest BCUT2D eigenvalue weighted by atomic mass is 9.92. The number of carbonyl (C=O) groups is 1. The van der Waals surface area contributed by atoms with Gasteiger partial charge in [-0.1, -0.05) is 0 Å². The number of carbonyl (C=O) groups excluding carboxylic acids is 1. The Kier molecular flexibility index (Phi) is 6.13. The van der Waals surface area contributed by atoms with Gasteiger partial charge in [0, 0.05) is 19.2 Å². The van der Waals surface area contributed by atoms with Crippen molar-refractivity contribution in [2.24, 2.45) is 11.8 Å². The van der Waals surface area contributed by atoms with Gasteiger partial charge in [-0.2, -0.15) is 13.2 Å². The summed E-state index contributed by atoms with van der Waals surface area (Å²) in [7, 11) is 0. The van der Waals surface area contributed by atoms with E-state index in [1.165, 1.54) is 4.90 Å². The zero-order valence-corrected chi connectivity index (χ0v) is 14.6. The Balaban J connectivity index is 0.00000243. The van der Waals surface area contributed by atoms with Gasteiger partial charge >= 0.3 is 6.18 Å². The van der Waals surface area contributed by atoms with Gasteiger partial charge in [-0.3, -0.25) is 14.9 Å². The van der Waals surface area contributed by atoms with Gasteiger partial charge in [-0.15, -0.1) is 12.4 Å². The minimum atomic E-state index is -4.70. The van der Waals surface area contributed by atoms with Crippen LogP contribution in [0.2, 0.25) is 0 Å². The number of halogens is 4. The minimum absolute atomic E-state index is 0. The first-order valence-corrected chi connectivity index (χ1v) is 8.13. The monoisotopic (exact) mass is 393 g/mol. The maximum atomic E-state index is 12.8. The highest BCUT2D eigenvalue weighted by Crippen LogP contribution is 2.34. The van der Waals surface area contributed by atoms with E-state index < -0.39 is 28.3 Å². The molecule has 2 saturated heterocycles. The van der Waals surface area contributed by atoms with Gasteiger partial charge in [0.25, 0.3) is 11.6 Å². The molecule has 1 aromatic rings. The third-order valence-corrected chi connectivity index (χ3v) is 5.06. The first-order valence-electron chi connectivity index (χ1n) is 8.13. The van der Waals surface area contributed by atoms with Crippen molar-refractivity contribution in [2.45, 2.75) is 19.0 Å². The van der Waals surface area contributed by atoms with E-state index in [4.69, 9.17) is 0 Å². The molecule has 0 spiro atoms. The van der Waals surface area contributed by atoms with Gasteiger partial charge < -0.3 is 10.2 Å². The molecule has 0 aromatic heterocycles. The van der Waals surface area contributed by atoms with E-state index in [0.29, 0.717) is 31.0 Å². The van der Waals surface area contributed by atoms with E-state index in [0.717, 1.165) is 38.1 Å². The van der Waals surface area contributed by atoms with Gasteiger partial charge in [0.05, 0.1) is 10.5 Å². The highest BCUT2D eigenvalue weighted by molar-refractivity contribution is 5.98. The normalized spacial score (nSPS) is 23.0.